The van der Waals surface area contributed by atoms with Crippen molar-refractivity contribution in [3.8, 4) is 0 Å². The van der Waals surface area contributed by atoms with Gasteiger partial charge in [-0.1, -0.05) is 11.6 Å². The van der Waals surface area contributed by atoms with Gasteiger partial charge in [0.2, 0.25) is 0 Å². The van der Waals surface area contributed by atoms with Crippen molar-refractivity contribution in [3.05, 3.63) is 36.7 Å². The molecule has 0 aliphatic carbocycles. The fourth-order valence-corrected chi connectivity index (χ4v) is 0.397. The molecule has 0 spiro atoms. The van der Waals surface area contributed by atoms with E-state index in [9.17, 15) is 4.39 Å². The highest BCUT2D eigenvalue weighted by Crippen LogP contribution is 2.00. The first-order chi connectivity index (χ1) is 4.66. The predicted molar refractivity (Wildman–Crippen MR) is 45.6 cm³/mol. The molecule has 0 aliphatic rings. The molecule has 0 radical (unpaired) electrons. The molecule has 0 rings (SSSR count). The molecule has 58 valence electrons. The summed E-state index contributed by atoms with van der Waals surface area (Å²) >= 11 is 0. The molecule has 0 atom stereocenters. The minimum Gasteiger partial charge on any atom is -0.212 e. The first-order valence-corrected chi connectivity index (χ1v) is 3.13. The summed E-state index contributed by atoms with van der Waals surface area (Å²) < 4.78 is 12.0. The molecule has 1 heteroatoms. The number of hydrogen-bond donors (Lipinski definition) is 0. The number of hydrogen-bond acceptors (Lipinski definition) is 0. The van der Waals surface area contributed by atoms with Crippen LogP contribution >= 0.6 is 0 Å². The van der Waals surface area contributed by atoms with Crippen molar-refractivity contribution >= 4 is 0 Å². The second-order valence-electron chi connectivity index (χ2n) is 1.76. The lowest BCUT2D eigenvalue weighted by atomic mass is 10.3. The quantitative estimate of drug-likeness (QED) is 0.387. The van der Waals surface area contributed by atoms with Gasteiger partial charge in [0.25, 0.3) is 0 Å². The van der Waals surface area contributed by atoms with Gasteiger partial charge in [-0.25, -0.2) is 4.39 Å². The smallest absolute Gasteiger partial charge is 0.0971 e. The van der Waals surface area contributed by atoms with Crippen LogP contribution in [0.15, 0.2) is 36.7 Å². The van der Waals surface area contributed by atoms with Gasteiger partial charge in [0.15, 0.2) is 0 Å². The van der Waals surface area contributed by atoms with E-state index in [1.807, 2.05) is 19.9 Å². The molecule has 10 heavy (non-hydrogen) atoms. The van der Waals surface area contributed by atoms with Crippen molar-refractivity contribution in [1.82, 2.24) is 0 Å². The van der Waals surface area contributed by atoms with Crippen molar-refractivity contribution in [2.45, 2.75) is 20.8 Å². The van der Waals surface area contributed by atoms with E-state index in [-0.39, 0.29) is 5.83 Å². The highest BCUT2D eigenvalue weighted by Gasteiger charge is 1.80. The van der Waals surface area contributed by atoms with E-state index >= 15 is 0 Å². The first-order valence-electron chi connectivity index (χ1n) is 3.13. The third-order valence-corrected chi connectivity index (χ3v) is 0.882. The molecule has 0 nitrogen and oxygen atoms in total. The number of rotatable bonds is 1. The zero-order valence-electron chi connectivity index (χ0n) is 6.95. The highest BCUT2D eigenvalue weighted by molar-refractivity contribution is 5.16. The maximum absolute atomic E-state index is 12.0. The summed E-state index contributed by atoms with van der Waals surface area (Å²) in [6.45, 7) is 11.2. The molecule has 0 fully saturated rings. The second kappa shape index (κ2) is 8.15. The Labute approximate surface area is 62.8 Å². The van der Waals surface area contributed by atoms with Gasteiger partial charge in [-0.3, -0.25) is 0 Å². The highest BCUT2D eigenvalue weighted by atomic mass is 19.1. The first kappa shape index (κ1) is 11.9. The van der Waals surface area contributed by atoms with Crippen molar-refractivity contribution in [3.63, 3.8) is 0 Å². The minimum atomic E-state index is -0.138. The van der Waals surface area contributed by atoms with Gasteiger partial charge in [0.05, 0.1) is 5.83 Å². The summed E-state index contributed by atoms with van der Waals surface area (Å²) in [6.07, 6.45) is 3.36. The van der Waals surface area contributed by atoms with Gasteiger partial charge in [-0.05, 0) is 26.8 Å². The molecule has 0 unspecified atom stereocenters. The molecular weight excluding hydrogens is 127 g/mol. The summed E-state index contributed by atoms with van der Waals surface area (Å²) in [5, 5.41) is 0. The van der Waals surface area contributed by atoms with E-state index in [4.69, 9.17) is 0 Å². The summed E-state index contributed by atoms with van der Waals surface area (Å²) in [4.78, 5) is 0. The van der Waals surface area contributed by atoms with E-state index in [1.54, 1.807) is 0 Å². The fourth-order valence-electron chi connectivity index (χ4n) is 0.397. The Hall–Kier alpha value is -0.850. The lowest BCUT2D eigenvalue weighted by molar-refractivity contribution is 0.639. The van der Waals surface area contributed by atoms with Crippen molar-refractivity contribution in [2.24, 2.45) is 0 Å². The van der Waals surface area contributed by atoms with Crippen molar-refractivity contribution < 1.29 is 4.39 Å². The molecule has 0 saturated carbocycles. The molecule has 0 aromatic rings. The fraction of sp³-hybridized carbons (Fsp3) is 0.333. The molecule has 0 N–H and O–H groups in total. The average Bonchev–Trinajstić information content (AvgIpc) is 1.91. The van der Waals surface area contributed by atoms with Gasteiger partial charge in [-0.2, -0.15) is 0 Å². The third kappa shape index (κ3) is 10.2. The maximum atomic E-state index is 12.0. The standard InChI is InChI=1S/C7H11F.C2H4/c1-4-6(2)5-7(3)8;1-2/h4-5H,1-3H3;1-2H2/b6-4-,7-5+;. The monoisotopic (exact) mass is 142 g/mol. The SMILES string of the molecule is C/C=C(C)\C=C(/C)F.C=C. The van der Waals surface area contributed by atoms with E-state index < -0.39 is 0 Å². The van der Waals surface area contributed by atoms with E-state index in [1.165, 1.54) is 13.0 Å². The zero-order chi connectivity index (χ0) is 8.57. The van der Waals surface area contributed by atoms with Crippen LogP contribution in [0, 0.1) is 0 Å². The van der Waals surface area contributed by atoms with E-state index in [0.29, 0.717) is 0 Å². The van der Waals surface area contributed by atoms with E-state index in [0.717, 1.165) is 5.57 Å². The number of halogens is 1. The van der Waals surface area contributed by atoms with Crippen LogP contribution in [-0.2, 0) is 0 Å². The molecule has 0 aromatic heterocycles. The van der Waals surface area contributed by atoms with E-state index in [2.05, 4.69) is 13.2 Å². The molecular formula is C9H15F. The Bertz CT molecular complexity index is 128. The number of allylic oxidation sites excluding steroid dienone is 4. The normalized spacial score (nSPS) is 12.0. The lowest BCUT2D eigenvalue weighted by Crippen LogP contribution is -1.66. The Morgan fingerprint density at radius 3 is 1.80 bits per heavy atom. The minimum absolute atomic E-state index is 0.138. The molecule has 0 amide bonds. The summed E-state index contributed by atoms with van der Waals surface area (Å²) in [6, 6.07) is 0. The summed E-state index contributed by atoms with van der Waals surface area (Å²) in [7, 11) is 0. The maximum Gasteiger partial charge on any atom is 0.0971 e. The average molecular weight is 142 g/mol. The van der Waals surface area contributed by atoms with Gasteiger partial charge in [-0.15, -0.1) is 13.2 Å². The second-order valence-corrected chi connectivity index (χ2v) is 1.76. The van der Waals surface area contributed by atoms with Gasteiger partial charge in [0.1, 0.15) is 0 Å². The molecule has 0 bridgehead atoms. The Morgan fingerprint density at radius 1 is 1.30 bits per heavy atom. The van der Waals surface area contributed by atoms with Crippen LogP contribution in [0.3, 0.4) is 0 Å². The topological polar surface area (TPSA) is 0 Å². The predicted octanol–water partition coefficient (Wildman–Crippen LogP) is 3.63. The zero-order valence-corrected chi connectivity index (χ0v) is 6.95. The lowest BCUT2D eigenvalue weighted by Gasteiger charge is -1.85. The Balaban J connectivity index is 0. The van der Waals surface area contributed by atoms with Crippen LogP contribution in [0.1, 0.15) is 20.8 Å². The molecule has 0 saturated heterocycles. The van der Waals surface area contributed by atoms with Crippen molar-refractivity contribution in [2.75, 3.05) is 0 Å². The largest absolute Gasteiger partial charge is 0.212 e. The Morgan fingerprint density at radius 2 is 1.70 bits per heavy atom. The molecule has 0 aliphatic heterocycles. The third-order valence-electron chi connectivity index (χ3n) is 0.882. The van der Waals surface area contributed by atoms with Crippen molar-refractivity contribution in [1.29, 1.82) is 0 Å². The van der Waals surface area contributed by atoms with Crippen LogP contribution < -0.4 is 0 Å². The van der Waals surface area contributed by atoms with Crippen LogP contribution in [0.5, 0.6) is 0 Å². The van der Waals surface area contributed by atoms with Crippen LogP contribution in [0.2, 0.25) is 0 Å². The summed E-state index contributed by atoms with van der Waals surface area (Å²) in [5.41, 5.74) is 0.963. The molecule has 0 heterocycles. The summed E-state index contributed by atoms with van der Waals surface area (Å²) in [5.74, 6) is -0.138. The van der Waals surface area contributed by atoms with Gasteiger partial charge < -0.3 is 0 Å². The van der Waals surface area contributed by atoms with Crippen LogP contribution in [0.4, 0.5) is 4.39 Å². The van der Waals surface area contributed by atoms with Crippen LogP contribution in [-0.4, -0.2) is 0 Å². The molecule has 0 aromatic carbocycles. The van der Waals surface area contributed by atoms with Gasteiger partial charge in [0, 0.05) is 0 Å². The Kier molecular flexibility index (Phi) is 9.69. The van der Waals surface area contributed by atoms with Gasteiger partial charge >= 0.3 is 0 Å². The van der Waals surface area contributed by atoms with Crippen LogP contribution in [0.25, 0.3) is 0 Å².